The van der Waals surface area contributed by atoms with E-state index in [2.05, 4.69) is 6.92 Å². The molecule has 1 atom stereocenters. The van der Waals surface area contributed by atoms with Gasteiger partial charge >= 0.3 is 0 Å². The fraction of sp³-hybridized carbons (Fsp3) is 0.625. The van der Waals surface area contributed by atoms with Gasteiger partial charge in [0.2, 0.25) is 0 Å². The summed E-state index contributed by atoms with van der Waals surface area (Å²) in [4.78, 5) is 0. The molecule has 2 N–H and O–H groups in total. The summed E-state index contributed by atoms with van der Waals surface area (Å²) in [7, 11) is 3.20. The van der Waals surface area contributed by atoms with E-state index in [-0.39, 0.29) is 6.04 Å². The van der Waals surface area contributed by atoms with Crippen molar-refractivity contribution in [3.63, 3.8) is 0 Å². The lowest BCUT2D eigenvalue weighted by Crippen LogP contribution is -2.12. The molecule has 0 spiro atoms. The van der Waals surface area contributed by atoms with Crippen LogP contribution in [0.3, 0.4) is 0 Å². The molecule has 0 aromatic heterocycles. The third-order valence-corrected chi connectivity index (χ3v) is 3.89. The van der Waals surface area contributed by atoms with Gasteiger partial charge in [0.1, 0.15) is 16.5 Å². The Morgan fingerprint density at radius 3 is 2.40 bits per heavy atom. The Morgan fingerprint density at radius 1 is 1.10 bits per heavy atom. The maximum Gasteiger partial charge on any atom is 0.146 e. The van der Waals surface area contributed by atoms with Gasteiger partial charge in [-0.15, -0.1) is 0 Å². The molecule has 0 aliphatic rings. The zero-order chi connectivity index (χ0) is 15.0. The van der Waals surface area contributed by atoms with E-state index in [9.17, 15) is 0 Å². The predicted molar refractivity (Wildman–Crippen MR) is 84.9 cm³/mol. The Morgan fingerprint density at radius 2 is 1.80 bits per heavy atom. The minimum Gasteiger partial charge on any atom is -0.495 e. The molecule has 0 amide bonds. The van der Waals surface area contributed by atoms with E-state index in [0.717, 1.165) is 18.4 Å². The van der Waals surface area contributed by atoms with Gasteiger partial charge in [-0.2, -0.15) is 0 Å². The molecule has 0 aliphatic carbocycles. The molecule has 0 heterocycles. The molecule has 20 heavy (non-hydrogen) atoms. The summed E-state index contributed by atoms with van der Waals surface area (Å²) in [6.07, 6.45) is 7.15. The van der Waals surface area contributed by atoms with Crippen molar-refractivity contribution in [2.24, 2.45) is 5.73 Å². The first kappa shape index (κ1) is 17.1. The van der Waals surface area contributed by atoms with E-state index in [1.54, 1.807) is 14.2 Å². The number of methoxy groups -OCH3 is 2. The number of benzene rings is 1. The van der Waals surface area contributed by atoms with Crippen LogP contribution in [0.2, 0.25) is 5.02 Å². The molecule has 0 saturated carbocycles. The van der Waals surface area contributed by atoms with E-state index >= 15 is 0 Å². The monoisotopic (exact) mass is 299 g/mol. The Hall–Kier alpha value is -0.930. The Kier molecular flexibility index (Phi) is 7.78. The van der Waals surface area contributed by atoms with Gasteiger partial charge in [0.25, 0.3) is 0 Å². The van der Waals surface area contributed by atoms with Crippen LogP contribution in [0, 0.1) is 0 Å². The molecule has 4 heteroatoms. The van der Waals surface area contributed by atoms with Gasteiger partial charge in [-0.1, -0.05) is 50.6 Å². The number of nitrogens with two attached hydrogens (primary N) is 1. The average molecular weight is 300 g/mol. The van der Waals surface area contributed by atoms with Crippen LogP contribution in [0.25, 0.3) is 0 Å². The summed E-state index contributed by atoms with van der Waals surface area (Å²) in [6, 6.07) is 3.74. The fourth-order valence-electron chi connectivity index (χ4n) is 2.33. The molecule has 1 unspecified atom stereocenters. The predicted octanol–water partition coefficient (Wildman–Crippen LogP) is 4.72. The standard InChI is InChI=1S/C16H26ClNO2/c1-4-5-6-7-8-9-13(18)12-10-11-14(19-2)15(17)16(12)20-3/h10-11,13H,4-9,18H2,1-3H3. The SMILES string of the molecule is CCCCCCCC(N)c1ccc(OC)c(Cl)c1OC. The van der Waals surface area contributed by atoms with E-state index in [1.165, 1.54) is 25.7 Å². The van der Waals surface area contributed by atoms with Crippen LogP contribution in [0.4, 0.5) is 0 Å². The number of ether oxygens (including phenoxy) is 2. The first-order valence-corrected chi connectivity index (χ1v) is 7.69. The van der Waals surface area contributed by atoms with Crippen LogP contribution in [0.1, 0.15) is 57.1 Å². The van der Waals surface area contributed by atoms with Gasteiger partial charge < -0.3 is 15.2 Å². The van der Waals surface area contributed by atoms with Crippen molar-refractivity contribution in [3.8, 4) is 11.5 Å². The van der Waals surface area contributed by atoms with E-state index in [4.69, 9.17) is 26.8 Å². The van der Waals surface area contributed by atoms with Crippen molar-refractivity contribution in [1.82, 2.24) is 0 Å². The van der Waals surface area contributed by atoms with Crippen molar-refractivity contribution in [1.29, 1.82) is 0 Å². The van der Waals surface area contributed by atoms with Crippen LogP contribution in [0.5, 0.6) is 11.5 Å². The molecule has 3 nitrogen and oxygen atoms in total. The summed E-state index contributed by atoms with van der Waals surface area (Å²) in [5.41, 5.74) is 7.22. The zero-order valence-corrected chi connectivity index (χ0v) is 13.5. The molecule has 0 radical (unpaired) electrons. The number of hydrogen-bond donors (Lipinski definition) is 1. The van der Waals surface area contributed by atoms with Gasteiger partial charge in [-0.05, 0) is 18.6 Å². The third kappa shape index (κ3) is 4.57. The van der Waals surface area contributed by atoms with Crippen molar-refractivity contribution in [3.05, 3.63) is 22.7 Å². The van der Waals surface area contributed by atoms with E-state index < -0.39 is 0 Å². The Balaban J connectivity index is 2.67. The van der Waals surface area contributed by atoms with Crippen LogP contribution in [-0.4, -0.2) is 14.2 Å². The number of unbranched alkanes of at least 4 members (excludes halogenated alkanes) is 4. The minimum absolute atomic E-state index is 0.0463. The van der Waals surface area contributed by atoms with Crippen molar-refractivity contribution >= 4 is 11.6 Å². The maximum atomic E-state index is 6.27. The molecule has 114 valence electrons. The lowest BCUT2D eigenvalue weighted by atomic mass is 9.99. The summed E-state index contributed by atoms with van der Waals surface area (Å²) in [5.74, 6) is 1.24. The van der Waals surface area contributed by atoms with Crippen LogP contribution in [0.15, 0.2) is 12.1 Å². The second kappa shape index (κ2) is 9.09. The average Bonchev–Trinajstić information content (AvgIpc) is 2.46. The fourth-order valence-corrected chi connectivity index (χ4v) is 2.66. The summed E-state index contributed by atoms with van der Waals surface area (Å²) >= 11 is 6.26. The molecule has 1 rings (SSSR count). The number of halogens is 1. The Labute approximate surface area is 127 Å². The second-order valence-electron chi connectivity index (χ2n) is 5.01. The first-order valence-electron chi connectivity index (χ1n) is 7.31. The molecule has 1 aromatic rings. The molecule has 0 aliphatic heterocycles. The summed E-state index contributed by atoms with van der Waals surface area (Å²) in [5, 5.41) is 0.494. The lowest BCUT2D eigenvalue weighted by molar-refractivity contribution is 0.387. The van der Waals surface area contributed by atoms with Crippen LogP contribution in [-0.2, 0) is 0 Å². The van der Waals surface area contributed by atoms with Crippen LogP contribution < -0.4 is 15.2 Å². The highest BCUT2D eigenvalue weighted by atomic mass is 35.5. The highest BCUT2D eigenvalue weighted by Gasteiger charge is 2.17. The highest BCUT2D eigenvalue weighted by Crippen LogP contribution is 2.39. The van der Waals surface area contributed by atoms with Crippen LogP contribution >= 0.6 is 11.6 Å². The molecular formula is C16H26ClNO2. The number of rotatable bonds is 9. The maximum absolute atomic E-state index is 6.27. The van der Waals surface area contributed by atoms with Gasteiger partial charge in [0, 0.05) is 11.6 Å². The topological polar surface area (TPSA) is 44.5 Å². The Bertz CT molecular complexity index is 410. The van der Waals surface area contributed by atoms with Gasteiger partial charge in [-0.25, -0.2) is 0 Å². The van der Waals surface area contributed by atoms with Gasteiger partial charge in [-0.3, -0.25) is 0 Å². The quantitative estimate of drug-likeness (QED) is 0.671. The molecule has 0 saturated heterocycles. The summed E-state index contributed by atoms with van der Waals surface area (Å²) < 4.78 is 10.6. The molecule has 0 bridgehead atoms. The van der Waals surface area contributed by atoms with Crippen molar-refractivity contribution in [2.75, 3.05) is 14.2 Å². The molecule has 1 aromatic carbocycles. The van der Waals surface area contributed by atoms with Gasteiger partial charge in [0.15, 0.2) is 0 Å². The van der Waals surface area contributed by atoms with Crippen molar-refractivity contribution in [2.45, 2.75) is 51.5 Å². The van der Waals surface area contributed by atoms with E-state index in [1.807, 2.05) is 12.1 Å². The molecular weight excluding hydrogens is 274 g/mol. The smallest absolute Gasteiger partial charge is 0.146 e. The number of hydrogen-bond acceptors (Lipinski definition) is 3. The normalized spacial score (nSPS) is 12.2. The molecule has 0 fully saturated rings. The zero-order valence-electron chi connectivity index (χ0n) is 12.7. The van der Waals surface area contributed by atoms with Gasteiger partial charge in [0.05, 0.1) is 14.2 Å². The first-order chi connectivity index (χ1) is 9.65. The van der Waals surface area contributed by atoms with E-state index in [0.29, 0.717) is 16.5 Å². The highest BCUT2D eigenvalue weighted by molar-refractivity contribution is 6.33. The van der Waals surface area contributed by atoms with Crippen molar-refractivity contribution < 1.29 is 9.47 Å². The summed E-state index contributed by atoms with van der Waals surface area (Å²) in [6.45, 7) is 2.22. The lowest BCUT2D eigenvalue weighted by Gasteiger charge is -2.18. The minimum atomic E-state index is -0.0463. The largest absolute Gasteiger partial charge is 0.495 e. The third-order valence-electron chi connectivity index (χ3n) is 3.53. The second-order valence-corrected chi connectivity index (χ2v) is 5.39.